The fourth-order valence-corrected chi connectivity index (χ4v) is 7.43. The van der Waals surface area contributed by atoms with Crippen molar-refractivity contribution in [1.29, 1.82) is 0 Å². The van der Waals surface area contributed by atoms with E-state index in [0.29, 0.717) is 12.3 Å². The van der Waals surface area contributed by atoms with Gasteiger partial charge in [0.15, 0.2) is 12.6 Å². The Labute approximate surface area is 247 Å². The number of esters is 1. The van der Waals surface area contributed by atoms with Crippen molar-refractivity contribution in [2.24, 2.45) is 17.3 Å². The summed E-state index contributed by atoms with van der Waals surface area (Å²) < 4.78 is 29.9. The molecular formula is C33H53ClO6. The second-order valence-corrected chi connectivity index (χ2v) is 12.9. The Hall–Kier alpha value is -0.920. The van der Waals surface area contributed by atoms with Crippen LogP contribution in [0.1, 0.15) is 110 Å². The summed E-state index contributed by atoms with van der Waals surface area (Å²) >= 11 is 6.99. The molecule has 0 aromatic carbocycles. The van der Waals surface area contributed by atoms with E-state index in [1.165, 1.54) is 32.8 Å². The van der Waals surface area contributed by atoms with Crippen molar-refractivity contribution in [3.63, 3.8) is 0 Å². The Morgan fingerprint density at radius 1 is 1.02 bits per heavy atom. The van der Waals surface area contributed by atoms with Crippen molar-refractivity contribution < 1.29 is 28.5 Å². The summed E-state index contributed by atoms with van der Waals surface area (Å²) in [5.41, 5.74) is 0.272. The summed E-state index contributed by atoms with van der Waals surface area (Å²) in [5.74, 6) is 0.385. The standard InChI is InChI=1S/C33H53ClO6/c1-3-33(20-13-21-33)29(40-32-19-9-11-23-38-32)16-12-15-26-25(14-6-4-5-7-17-30(35)36-2)27(34)24-28(26)39-31-18-8-10-22-37-31/h4,6,12,15,25-29,31-32H,3,5,7-11,13-14,16-24H2,1-2H3/b6-4-,15-12+/t25-,26-,27-,28-,29+,31?,32?/m1/s1. The molecule has 0 amide bonds. The third kappa shape index (κ3) is 9.04. The Morgan fingerprint density at radius 2 is 1.77 bits per heavy atom. The van der Waals surface area contributed by atoms with Gasteiger partial charge in [-0.05, 0) is 101 Å². The molecule has 2 saturated carbocycles. The quantitative estimate of drug-likeness (QED) is 0.0850. The van der Waals surface area contributed by atoms with Crippen LogP contribution in [0.3, 0.4) is 0 Å². The topological polar surface area (TPSA) is 63.2 Å². The molecule has 0 radical (unpaired) electrons. The lowest BCUT2D eigenvalue weighted by atomic mass is 9.62. The van der Waals surface area contributed by atoms with Gasteiger partial charge in [-0.3, -0.25) is 4.79 Å². The van der Waals surface area contributed by atoms with Gasteiger partial charge in [-0.15, -0.1) is 11.6 Å². The molecule has 2 saturated heterocycles. The van der Waals surface area contributed by atoms with Crippen molar-refractivity contribution in [1.82, 2.24) is 0 Å². The maximum Gasteiger partial charge on any atom is 0.305 e. The van der Waals surface area contributed by atoms with Crippen LogP contribution in [-0.4, -0.2) is 56.5 Å². The molecule has 0 aromatic rings. The highest BCUT2D eigenvalue weighted by atomic mass is 35.5. The van der Waals surface area contributed by atoms with Gasteiger partial charge in [0, 0.05) is 30.9 Å². The molecule has 2 aliphatic carbocycles. The number of halogens is 1. The summed E-state index contributed by atoms with van der Waals surface area (Å²) in [7, 11) is 1.44. The molecule has 0 N–H and O–H groups in total. The van der Waals surface area contributed by atoms with Crippen LogP contribution in [-0.2, 0) is 28.5 Å². The van der Waals surface area contributed by atoms with E-state index in [9.17, 15) is 4.79 Å². The number of hydrogen-bond acceptors (Lipinski definition) is 6. The molecule has 228 valence electrons. The van der Waals surface area contributed by atoms with Crippen LogP contribution in [0.15, 0.2) is 24.3 Å². The van der Waals surface area contributed by atoms with Crippen LogP contribution in [0.4, 0.5) is 0 Å². The average Bonchev–Trinajstić information content (AvgIpc) is 3.24. The van der Waals surface area contributed by atoms with Gasteiger partial charge < -0.3 is 23.7 Å². The predicted octanol–water partition coefficient (Wildman–Crippen LogP) is 7.87. The minimum absolute atomic E-state index is 0.0549. The van der Waals surface area contributed by atoms with Gasteiger partial charge in [0.1, 0.15) is 0 Å². The fourth-order valence-electron chi connectivity index (χ4n) is 6.98. The minimum atomic E-state index is -0.149. The molecule has 2 heterocycles. The lowest BCUT2D eigenvalue weighted by molar-refractivity contribution is -0.222. The highest BCUT2D eigenvalue weighted by Gasteiger charge is 2.45. The zero-order valence-electron chi connectivity index (χ0n) is 24.9. The predicted molar refractivity (Wildman–Crippen MR) is 158 cm³/mol. The van der Waals surface area contributed by atoms with Crippen LogP contribution in [0.5, 0.6) is 0 Å². The Bertz CT molecular complexity index is 793. The highest BCUT2D eigenvalue weighted by molar-refractivity contribution is 6.21. The van der Waals surface area contributed by atoms with Crippen LogP contribution < -0.4 is 0 Å². The first-order valence-corrected chi connectivity index (χ1v) is 16.5. The van der Waals surface area contributed by atoms with Gasteiger partial charge in [-0.1, -0.05) is 37.6 Å². The van der Waals surface area contributed by atoms with Crippen molar-refractivity contribution >= 4 is 17.6 Å². The minimum Gasteiger partial charge on any atom is -0.469 e. The smallest absolute Gasteiger partial charge is 0.305 e. The molecule has 4 aliphatic rings. The molecule has 0 aromatic heterocycles. The molecule has 7 heteroatoms. The van der Waals surface area contributed by atoms with E-state index in [-0.39, 0.29) is 47.5 Å². The second kappa shape index (κ2) is 16.6. The van der Waals surface area contributed by atoms with Gasteiger partial charge >= 0.3 is 5.97 Å². The molecule has 2 aliphatic heterocycles. The summed E-state index contributed by atoms with van der Waals surface area (Å²) in [6, 6.07) is 0. The van der Waals surface area contributed by atoms with E-state index in [4.69, 9.17) is 35.3 Å². The molecular weight excluding hydrogens is 528 g/mol. The summed E-state index contributed by atoms with van der Waals surface area (Å²) in [4.78, 5) is 11.4. The third-order valence-corrected chi connectivity index (χ3v) is 10.3. The second-order valence-electron chi connectivity index (χ2n) is 12.3. The van der Waals surface area contributed by atoms with Crippen molar-refractivity contribution in [3.8, 4) is 0 Å². The first-order valence-electron chi connectivity index (χ1n) is 16.1. The average molecular weight is 581 g/mol. The van der Waals surface area contributed by atoms with Crippen LogP contribution in [0.2, 0.25) is 0 Å². The number of ether oxygens (including phenoxy) is 5. The van der Waals surface area contributed by atoms with E-state index in [2.05, 4.69) is 31.2 Å². The summed E-state index contributed by atoms with van der Waals surface area (Å²) in [6.07, 6.45) is 25.5. The first kappa shape index (κ1) is 32.0. The van der Waals surface area contributed by atoms with Crippen LogP contribution in [0.25, 0.3) is 0 Å². The van der Waals surface area contributed by atoms with E-state index in [1.807, 2.05) is 0 Å². The third-order valence-electron chi connectivity index (χ3n) is 9.76. The largest absolute Gasteiger partial charge is 0.469 e. The number of rotatable bonds is 15. The number of allylic oxidation sites excluding steroid dienone is 2. The highest BCUT2D eigenvalue weighted by Crippen LogP contribution is 2.50. The Kier molecular flexibility index (Phi) is 13.3. The molecule has 6 nitrogen and oxygen atoms in total. The maximum atomic E-state index is 11.4. The fraction of sp³-hybridized carbons (Fsp3) is 0.848. The number of hydrogen-bond donors (Lipinski definition) is 0. The summed E-state index contributed by atoms with van der Waals surface area (Å²) in [5, 5.41) is 0.0549. The number of alkyl halides is 1. The normalized spacial score (nSPS) is 33.3. The molecule has 40 heavy (non-hydrogen) atoms. The van der Waals surface area contributed by atoms with E-state index in [0.717, 1.165) is 83.8 Å². The van der Waals surface area contributed by atoms with E-state index >= 15 is 0 Å². The van der Waals surface area contributed by atoms with Crippen molar-refractivity contribution in [3.05, 3.63) is 24.3 Å². The number of carbonyl (C=O) groups excluding carboxylic acids is 1. The van der Waals surface area contributed by atoms with Gasteiger partial charge in [0.25, 0.3) is 0 Å². The van der Waals surface area contributed by atoms with E-state index < -0.39 is 0 Å². The molecule has 7 atom stereocenters. The lowest BCUT2D eigenvalue weighted by Gasteiger charge is -2.48. The molecule has 0 spiro atoms. The van der Waals surface area contributed by atoms with Crippen molar-refractivity contribution in [2.75, 3.05) is 20.3 Å². The number of carbonyl (C=O) groups is 1. The SMILES string of the molecule is CCC1([C@H](C/C=C/[C@@H]2[C@@H](C/C=C\CCCC(=O)OC)[C@H](Cl)C[C@H]2OC2CCCCO2)OC2CCCCO2)CCC1. The zero-order chi connectivity index (χ0) is 28.2. The van der Waals surface area contributed by atoms with Gasteiger partial charge in [0.2, 0.25) is 0 Å². The molecule has 4 rings (SSSR count). The zero-order valence-corrected chi connectivity index (χ0v) is 25.7. The van der Waals surface area contributed by atoms with Gasteiger partial charge in [-0.2, -0.15) is 0 Å². The first-order chi connectivity index (χ1) is 19.5. The number of methoxy groups -OCH3 is 1. The molecule has 0 bridgehead atoms. The van der Waals surface area contributed by atoms with Gasteiger partial charge in [-0.25, -0.2) is 0 Å². The lowest BCUT2D eigenvalue weighted by Crippen LogP contribution is -2.44. The van der Waals surface area contributed by atoms with Crippen molar-refractivity contribution in [2.45, 2.75) is 140 Å². The monoisotopic (exact) mass is 580 g/mol. The van der Waals surface area contributed by atoms with Crippen LogP contribution >= 0.6 is 11.6 Å². The van der Waals surface area contributed by atoms with E-state index in [1.54, 1.807) is 0 Å². The van der Waals surface area contributed by atoms with Crippen LogP contribution in [0, 0.1) is 17.3 Å². The van der Waals surface area contributed by atoms with Gasteiger partial charge in [0.05, 0.1) is 19.3 Å². The summed E-state index contributed by atoms with van der Waals surface area (Å²) in [6.45, 7) is 3.91. The Balaban J connectivity index is 1.40. The Morgan fingerprint density at radius 3 is 2.40 bits per heavy atom. The maximum absolute atomic E-state index is 11.4. The molecule has 4 fully saturated rings. The molecule has 2 unspecified atom stereocenters. The number of unbranched alkanes of at least 4 members (excludes halogenated alkanes) is 1.